The van der Waals surface area contributed by atoms with Crippen LogP contribution < -0.4 is 5.73 Å². The van der Waals surface area contributed by atoms with Crippen LogP contribution in [-0.4, -0.2) is 30.6 Å². The molecule has 1 unspecified atom stereocenters. The fourth-order valence-corrected chi connectivity index (χ4v) is 2.06. The lowest BCUT2D eigenvalue weighted by Crippen LogP contribution is -2.29. The lowest BCUT2D eigenvalue weighted by atomic mass is 10.1. The lowest BCUT2D eigenvalue weighted by Gasteiger charge is -2.22. The first-order valence-electron chi connectivity index (χ1n) is 6.74. The third-order valence-corrected chi connectivity index (χ3v) is 3.33. The van der Waals surface area contributed by atoms with Gasteiger partial charge in [-0.25, -0.2) is 0 Å². The maximum Gasteiger partial charge on any atom is 0.00366 e. The molecule has 1 rings (SSSR count). The summed E-state index contributed by atoms with van der Waals surface area (Å²) < 4.78 is 0. The third-order valence-electron chi connectivity index (χ3n) is 3.33. The Labute approximate surface area is 95.2 Å². The van der Waals surface area contributed by atoms with Crippen molar-refractivity contribution in [1.29, 1.82) is 0 Å². The second kappa shape index (κ2) is 7.24. The molecule has 0 aromatic rings. The molecule has 0 aromatic carbocycles. The minimum absolute atomic E-state index is 0.425. The Morgan fingerprint density at radius 3 is 2.53 bits per heavy atom. The molecular formula is C13H28N2. The van der Waals surface area contributed by atoms with E-state index in [0.717, 1.165) is 12.3 Å². The van der Waals surface area contributed by atoms with Crippen molar-refractivity contribution in [3.05, 3.63) is 0 Å². The van der Waals surface area contributed by atoms with E-state index in [9.17, 15) is 0 Å². The molecule has 0 bridgehead atoms. The second-order valence-corrected chi connectivity index (χ2v) is 5.05. The molecule has 2 N–H and O–H groups in total. The van der Waals surface area contributed by atoms with Crippen molar-refractivity contribution in [2.45, 2.75) is 58.4 Å². The van der Waals surface area contributed by atoms with Gasteiger partial charge in [0.05, 0.1) is 0 Å². The van der Waals surface area contributed by atoms with Gasteiger partial charge in [0.25, 0.3) is 0 Å². The predicted octanol–water partition coefficient (Wildman–Crippen LogP) is 2.63. The highest BCUT2D eigenvalue weighted by molar-refractivity contribution is 4.77. The summed E-state index contributed by atoms with van der Waals surface area (Å²) in [5, 5.41) is 0. The standard InChI is InChI=1S/C13H28N2/c1-3-9-15(11-12-7-8-12)10-5-6-13(14)4-2/h12-13H,3-11,14H2,1-2H3. The molecule has 0 spiro atoms. The molecule has 1 saturated carbocycles. The van der Waals surface area contributed by atoms with Crippen molar-refractivity contribution < 1.29 is 0 Å². The van der Waals surface area contributed by atoms with E-state index in [-0.39, 0.29) is 0 Å². The minimum atomic E-state index is 0.425. The fraction of sp³-hybridized carbons (Fsp3) is 1.00. The quantitative estimate of drug-likeness (QED) is 0.636. The predicted molar refractivity (Wildman–Crippen MR) is 67.0 cm³/mol. The van der Waals surface area contributed by atoms with Crippen molar-refractivity contribution in [3.8, 4) is 0 Å². The maximum absolute atomic E-state index is 5.93. The fourth-order valence-electron chi connectivity index (χ4n) is 2.06. The maximum atomic E-state index is 5.93. The highest BCUT2D eigenvalue weighted by atomic mass is 15.1. The van der Waals surface area contributed by atoms with E-state index < -0.39 is 0 Å². The van der Waals surface area contributed by atoms with Crippen molar-refractivity contribution in [2.75, 3.05) is 19.6 Å². The molecule has 0 amide bonds. The van der Waals surface area contributed by atoms with E-state index in [0.29, 0.717) is 6.04 Å². The molecule has 1 atom stereocenters. The van der Waals surface area contributed by atoms with Crippen LogP contribution in [0.25, 0.3) is 0 Å². The molecule has 0 radical (unpaired) electrons. The van der Waals surface area contributed by atoms with E-state index in [1.807, 2.05) is 0 Å². The Kier molecular flexibility index (Phi) is 6.26. The van der Waals surface area contributed by atoms with Gasteiger partial charge < -0.3 is 10.6 Å². The van der Waals surface area contributed by atoms with Gasteiger partial charge in [-0.05, 0) is 57.5 Å². The van der Waals surface area contributed by atoms with Crippen molar-refractivity contribution in [1.82, 2.24) is 4.90 Å². The number of hydrogen-bond donors (Lipinski definition) is 1. The molecule has 2 heteroatoms. The van der Waals surface area contributed by atoms with E-state index in [4.69, 9.17) is 5.73 Å². The second-order valence-electron chi connectivity index (χ2n) is 5.05. The van der Waals surface area contributed by atoms with Crippen LogP contribution in [0, 0.1) is 5.92 Å². The lowest BCUT2D eigenvalue weighted by molar-refractivity contribution is 0.255. The number of rotatable bonds is 9. The summed E-state index contributed by atoms with van der Waals surface area (Å²) in [6, 6.07) is 0.425. The smallest absolute Gasteiger partial charge is 0.00366 e. The molecule has 15 heavy (non-hydrogen) atoms. The number of nitrogens with zero attached hydrogens (tertiary/aromatic N) is 1. The summed E-state index contributed by atoms with van der Waals surface area (Å²) in [5.74, 6) is 1.02. The molecule has 1 aliphatic carbocycles. The van der Waals surface area contributed by atoms with Gasteiger partial charge in [-0.2, -0.15) is 0 Å². The van der Waals surface area contributed by atoms with Crippen LogP contribution in [0.1, 0.15) is 52.4 Å². The summed E-state index contributed by atoms with van der Waals surface area (Å²) in [6.45, 7) is 8.33. The van der Waals surface area contributed by atoms with E-state index >= 15 is 0 Å². The van der Waals surface area contributed by atoms with Gasteiger partial charge in [0.1, 0.15) is 0 Å². The molecule has 0 heterocycles. The molecule has 90 valence electrons. The Hall–Kier alpha value is -0.0800. The Bertz CT molecular complexity index is 155. The third kappa shape index (κ3) is 6.16. The van der Waals surface area contributed by atoms with Crippen LogP contribution in [0.4, 0.5) is 0 Å². The van der Waals surface area contributed by atoms with Crippen LogP contribution in [0.3, 0.4) is 0 Å². The average molecular weight is 212 g/mol. The van der Waals surface area contributed by atoms with Gasteiger partial charge in [0.2, 0.25) is 0 Å². The zero-order valence-corrected chi connectivity index (χ0v) is 10.5. The monoisotopic (exact) mass is 212 g/mol. The van der Waals surface area contributed by atoms with E-state index in [1.54, 1.807) is 0 Å². The Morgan fingerprint density at radius 2 is 2.00 bits per heavy atom. The highest BCUT2D eigenvalue weighted by Crippen LogP contribution is 2.29. The molecular weight excluding hydrogens is 184 g/mol. The topological polar surface area (TPSA) is 29.3 Å². The SMILES string of the molecule is CCCN(CCCC(N)CC)CC1CC1. The minimum Gasteiger partial charge on any atom is -0.328 e. The summed E-state index contributed by atoms with van der Waals surface area (Å²) >= 11 is 0. The molecule has 0 aromatic heterocycles. The first-order chi connectivity index (χ1) is 7.26. The largest absolute Gasteiger partial charge is 0.328 e. The normalized spacial score (nSPS) is 18.4. The van der Waals surface area contributed by atoms with Gasteiger partial charge in [-0.15, -0.1) is 0 Å². The van der Waals surface area contributed by atoms with Gasteiger partial charge in [0.15, 0.2) is 0 Å². The summed E-state index contributed by atoms with van der Waals surface area (Å²) in [7, 11) is 0. The average Bonchev–Trinajstić information content (AvgIpc) is 3.01. The van der Waals surface area contributed by atoms with Gasteiger partial charge in [-0.1, -0.05) is 13.8 Å². The van der Waals surface area contributed by atoms with Crippen LogP contribution in [0.2, 0.25) is 0 Å². The van der Waals surface area contributed by atoms with Crippen LogP contribution in [-0.2, 0) is 0 Å². The summed E-state index contributed by atoms with van der Waals surface area (Å²) in [6.07, 6.45) is 7.81. The Morgan fingerprint density at radius 1 is 1.27 bits per heavy atom. The zero-order chi connectivity index (χ0) is 11.1. The van der Waals surface area contributed by atoms with Crippen LogP contribution in [0.5, 0.6) is 0 Å². The first kappa shape index (κ1) is 13.0. The van der Waals surface area contributed by atoms with Gasteiger partial charge >= 0.3 is 0 Å². The van der Waals surface area contributed by atoms with Crippen molar-refractivity contribution in [2.24, 2.45) is 11.7 Å². The molecule has 1 fully saturated rings. The van der Waals surface area contributed by atoms with Gasteiger partial charge in [-0.3, -0.25) is 0 Å². The van der Waals surface area contributed by atoms with Crippen LogP contribution in [0.15, 0.2) is 0 Å². The molecule has 0 saturated heterocycles. The molecule has 0 aliphatic heterocycles. The van der Waals surface area contributed by atoms with Crippen molar-refractivity contribution in [3.63, 3.8) is 0 Å². The first-order valence-corrected chi connectivity index (χ1v) is 6.74. The summed E-state index contributed by atoms with van der Waals surface area (Å²) in [4.78, 5) is 2.64. The number of hydrogen-bond acceptors (Lipinski definition) is 2. The number of nitrogens with two attached hydrogens (primary N) is 1. The summed E-state index contributed by atoms with van der Waals surface area (Å²) in [5.41, 5.74) is 5.93. The van der Waals surface area contributed by atoms with Crippen LogP contribution >= 0.6 is 0 Å². The van der Waals surface area contributed by atoms with E-state index in [1.165, 1.54) is 51.7 Å². The van der Waals surface area contributed by atoms with E-state index in [2.05, 4.69) is 18.7 Å². The Balaban J connectivity index is 2.07. The molecule has 2 nitrogen and oxygen atoms in total. The van der Waals surface area contributed by atoms with Gasteiger partial charge in [0, 0.05) is 12.6 Å². The highest BCUT2D eigenvalue weighted by Gasteiger charge is 2.23. The van der Waals surface area contributed by atoms with Crippen molar-refractivity contribution >= 4 is 0 Å². The zero-order valence-electron chi connectivity index (χ0n) is 10.5. The molecule has 1 aliphatic rings.